The third kappa shape index (κ3) is 5.79. The van der Waals surface area contributed by atoms with Crippen molar-refractivity contribution in [2.45, 2.75) is 12.5 Å². The highest BCUT2D eigenvalue weighted by molar-refractivity contribution is 7.87. The summed E-state index contributed by atoms with van der Waals surface area (Å²) >= 11 is 35.4. The summed E-state index contributed by atoms with van der Waals surface area (Å²) in [5.74, 6) is -0.387. The van der Waals surface area contributed by atoms with E-state index < -0.39 is 17.7 Å². The summed E-state index contributed by atoms with van der Waals surface area (Å²) in [4.78, 5) is 12.2. The lowest BCUT2D eigenvalue weighted by atomic mass is 10.1. The number of benzene rings is 3. The van der Waals surface area contributed by atoms with Crippen LogP contribution in [0.25, 0.3) is 22.2 Å². The fraction of sp³-hybridized carbons (Fsp3) is 0.0952. The zero-order valence-corrected chi connectivity index (χ0v) is 21.9. The lowest BCUT2D eigenvalue weighted by molar-refractivity contribution is 0.486. The van der Waals surface area contributed by atoms with Gasteiger partial charge in [-0.25, -0.2) is 15.0 Å². The van der Waals surface area contributed by atoms with E-state index in [1.54, 1.807) is 12.1 Å². The van der Waals surface area contributed by atoms with Crippen LogP contribution < -0.4 is 4.18 Å². The molecule has 1 heterocycles. The molecule has 0 saturated carbocycles. The molecule has 176 valence electrons. The second-order valence-electron chi connectivity index (χ2n) is 6.87. The van der Waals surface area contributed by atoms with Crippen molar-refractivity contribution in [1.29, 1.82) is 0 Å². The summed E-state index contributed by atoms with van der Waals surface area (Å²) < 4.78 is 26.8. The Morgan fingerprint density at radius 1 is 0.676 bits per heavy atom. The quantitative estimate of drug-likeness (QED) is 0.184. The first-order chi connectivity index (χ1) is 15.8. The molecule has 0 spiro atoms. The standard InChI is InChI=1S/C21H11Cl6N3O3S/c22-20(23,24)18-28-17(29-19(30-18)21(25,26)27)13-5-8-15(9-6-13)33-34(31,32)16-10-7-12-3-1-2-4-14(12)11-16/h1-11H. The highest BCUT2D eigenvalue weighted by atomic mass is 35.6. The summed E-state index contributed by atoms with van der Waals surface area (Å²) in [5, 5.41) is 1.68. The van der Waals surface area contributed by atoms with Gasteiger partial charge in [-0.15, -0.1) is 0 Å². The molecule has 1 aromatic heterocycles. The molecule has 0 aliphatic heterocycles. The molecular weight excluding hydrogens is 587 g/mol. The second kappa shape index (κ2) is 9.47. The zero-order chi connectivity index (χ0) is 24.7. The van der Waals surface area contributed by atoms with Crippen molar-refractivity contribution in [3.63, 3.8) is 0 Å². The van der Waals surface area contributed by atoms with E-state index in [9.17, 15) is 8.42 Å². The van der Waals surface area contributed by atoms with E-state index in [-0.39, 0.29) is 28.1 Å². The highest BCUT2D eigenvalue weighted by Gasteiger charge is 2.34. The van der Waals surface area contributed by atoms with Gasteiger partial charge in [0.25, 0.3) is 0 Å². The summed E-state index contributed by atoms with van der Waals surface area (Å²) in [7, 11) is -4.08. The fourth-order valence-electron chi connectivity index (χ4n) is 2.92. The van der Waals surface area contributed by atoms with Crippen LogP contribution in [0.4, 0.5) is 0 Å². The molecule has 0 fully saturated rings. The predicted molar refractivity (Wildman–Crippen MR) is 135 cm³/mol. The topological polar surface area (TPSA) is 82.0 Å². The van der Waals surface area contributed by atoms with Crippen molar-refractivity contribution in [2.75, 3.05) is 0 Å². The van der Waals surface area contributed by atoms with Crippen LogP contribution in [0.15, 0.2) is 71.6 Å². The van der Waals surface area contributed by atoms with Crippen molar-refractivity contribution in [2.24, 2.45) is 0 Å². The SMILES string of the molecule is O=S(=O)(Oc1ccc(-c2nc(C(Cl)(Cl)Cl)nc(C(Cl)(Cl)Cl)n2)cc1)c1ccc2ccccc2c1. The van der Waals surface area contributed by atoms with Crippen molar-refractivity contribution in [1.82, 2.24) is 15.0 Å². The van der Waals surface area contributed by atoms with E-state index in [2.05, 4.69) is 15.0 Å². The minimum atomic E-state index is -4.08. The molecule has 6 nitrogen and oxygen atoms in total. The van der Waals surface area contributed by atoms with E-state index in [4.69, 9.17) is 73.8 Å². The molecule has 0 atom stereocenters. The number of aromatic nitrogens is 3. The van der Waals surface area contributed by atoms with Crippen LogP contribution in [-0.4, -0.2) is 23.4 Å². The maximum Gasteiger partial charge on any atom is 0.339 e. The molecular formula is C21H11Cl6N3O3S. The van der Waals surface area contributed by atoms with Gasteiger partial charge in [0.05, 0.1) is 0 Å². The smallest absolute Gasteiger partial charge is 0.339 e. The van der Waals surface area contributed by atoms with E-state index in [1.807, 2.05) is 24.3 Å². The van der Waals surface area contributed by atoms with Crippen LogP contribution in [0.5, 0.6) is 5.75 Å². The Labute approximate surface area is 224 Å². The average Bonchev–Trinajstić information content (AvgIpc) is 2.77. The number of hydrogen-bond donors (Lipinski definition) is 0. The minimum Gasteiger partial charge on any atom is -0.379 e. The number of rotatable bonds is 4. The molecule has 0 N–H and O–H groups in total. The molecule has 3 aromatic carbocycles. The molecule has 4 aromatic rings. The molecule has 34 heavy (non-hydrogen) atoms. The first kappa shape index (κ1) is 25.5. The average molecular weight is 598 g/mol. The number of halogens is 6. The number of nitrogens with zero attached hydrogens (tertiary/aromatic N) is 3. The number of hydrogen-bond acceptors (Lipinski definition) is 6. The lowest BCUT2D eigenvalue weighted by Gasteiger charge is -2.15. The summed E-state index contributed by atoms with van der Waals surface area (Å²) in [6.07, 6.45) is 0. The molecule has 0 amide bonds. The molecule has 4 rings (SSSR count). The first-order valence-electron chi connectivity index (χ1n) is 9.27. The van der Waals surface area contributed by atoms with Gasteiger partial charge >= 0.3 is 10.1 Å². The van der Waals surface area contributed by atoms with E-state index >= 15 is 0 Å². The van der Waals surface area contributed by atoms with E-state index in [0.717, 1.165) is 10.8 Å². The minimum absolute atomic E-state index is 0.0207. The second-order valence-corrected chi connectivity index (χ2v) is 13.0. The first-order valence-corrected chi connectivity index (χ1v) is 12.9. The van der Waals surface area contributed by atoms with Crippen LogP contribution >= 0.6 is 69.6 Å². The Bertz CT molecular complexity index is 1440. The Hall–Kier alpha value is -1.58. The Balaban J connectivity index is 1.64. The summed E-state index contributed by atoms with van der Waals surface area (Å²) in [5.41, 5.74) is 0.406. The molecule has 13 heteroatoms. The lowest BCUT2D eigenvalue weighted by Crippen LogP contribution is -2.16. The zero-order valence-electron chi connectivity index (χ0n) is 16.6. The number of fused-ring (bicyclic) bond motifs is 1. The number of alkyl halides is 6. The highest BCUT2D eigenvalue weighted by Crippen LogP contribution is 2.40. The van der Waals surface area contributed by atoms with Crippen molar-refractivity contribution in [3.8, 4) is 17.1 Å². The van der Waals surface area contributed by atoms with Gasteiger partial charge in [-0.3, -0.25) is 0 Å². The fourth-order valence-corrected chi connectivity index (χ4v) is 4.39. The van der Waals surface area contributed by atoms with Crippen molar-refractivity contribution < 1.29 is 12.6 Å². The third-order valence-electron chi connectivity index (χ3n) is 4.47. The van der Waals surface area contributed by atoms with Gasteiger partial charge in [-0.2, -0.15) is 8.42 Å². The summed E-state index contributed by atoms with van der Waals surface area (Å²) in [6.45, 7) is 0. The van der Waals surface area contributed by atoms with Gasteiger partial charge in [-0.1, -0.05) is 99.9 Å². The predicted octanol–water partition coefficient (Wildman–Crippen LogP) is 7.11. The van der Waals surface area contributed by atoms with Gasteiger partial charge in [-0.05, 0) is 47.2 Å². The van der Waals surface area contributed by atoms with Crippen LogP contribution in [0.3, 0.4) is 0 Å². The normalized spacial score (nSPS) is 12.6. The van der Waals surface area contributed by atoms with Gasteiger partial charge < -0.3 is 4.18 Å². The molecule has 0 bridgehead atoms. The van der Waals surface area contributed by atoms with Crippen LogP contribution in [0.2, 0.25) is 0 Å². The summed E-state index contributed by atoms with van der Waals surface area (Å²) in [6, 6.07) is 18.0. The van der Waals surface area contributed by atoms with Crippen LogP contribution in [-0.2, 0) is 17.7 Å². The Morgan fingerprint density at radius 2 is 1.24 bits per heavy atom. The van der Waals surface area contributed by atoms with Crippen LogP contribution in [0, 0.1) is 0 Å². The monoisotopic (exact) mass is 595 g/mol. The maximum atomic E-state index is 12.8. The largest absolute Gasteiger partial charge is 0.379 e. The molecule has 0 radical (unpaired) electrons. The van der Waals surface area contributed by atoms with E-state index in [1.165, 1.54) is 30.3 Å². The van der Waals surface area contributed by atoms with Crippen molar-refractivity contribution >= 4 is 90.5 Å². The molecule has 0 aliphatic rings. The van der Waals surface area contributed by atoms with Gasteiger partial charge in [0.1, 0.15) is 10.6 Å². The van der Waals surface area contributed by atoms with E-state index in [0.29, 0.717) is 5.56 Å². The maximum absolute atomic E-state index is 12.8. The Morgan fingerprint density at radius 3 is 1.79 bits per heavy atom. The van der Waals surface area contributed by atoms with Crippen LogP contribution in [0.1, 0.15) is 11.6 Å². The molecule has 0 unspecified atom stereocenters. The van der Waals surface area contributed by atoms with Crippen molar-refractivity contribution in [3.05, 3.63) is 78.4 Å². The molecule has 0 saturated heterocycles. The van der Waals surface area contributed by atoms with Gasteiger partial charge in [0.2, 0.25) is 7.59 Å². The van der Waals surface area contributed by atoms with Gasteiger partial charge in [0, 0.05) is 5.56 Å². The Kier molecular flexibility index (Phi) is 7.10. The van der Waals surface area contributed by atoms with Gasteiger partial charge in [0.15, 0.2) is 17.5 Å². The molecule has 0 aliphatic carbocycles. The third-order valence-corrected chi connectivity index (χ3v) is 6.73.